The van der Waals surface area contributed by atoms with Gasteiger partial charge >= 0.3 is 0 Å². The molecule has 1 heterocycles. The van der Waals surface area contributed by atoms with Crippen molar-refractivity contribution in [2.45, 2.75) is 30.2 Å². The number of hydrogen-bond acceptors (Lipinski definition) is 3. The molecule has 1 atom stereocenters. The number of thioether (sulfide) groups is 1. The maximum absolute atomic E-state index is 13.6. The van der Waals surface area contributed by atoms with Gasteiger partial charge in [0.05, 0.1) is 12.6 Å². The van der Waals surface area contributed by atoms with Crippen LogP contribution in [0.15, 0.2) is 53.4 Å². The number of aliphatic hydroxyl groups excluding tert-OH is 1. The molecule has 132 valence electrons. The molecule has 3 nitrogen and oxygen atoms in total. The fourth-order valence-electron chi connectivity index (χ4n) is 3.26. The van der Waals surface area contributed by atoms with Gasteiger partial charge in [0.1, 0.15) is 5.82 Å². The zero-order valence-corrected chi connectivity index (χ0v) is 14.8. The Labute approximate surface area is 151 Å². The smallest absolute Gasteiger partial charge is 0.254 e. The Kier molecular flexibility index (Phi) is 6.10. The van der Waals surface area contributed by atoms with Crippen LogP contribution in [0.5, 0.6) is 0 Å². The average Bonchev–Trinajstić information content (AvgIpc) is 2.66. The van der Waals surface area contributed by atoms with Gasteiger partial charge in [-0.25, -0.2) is 4.39 Å². The van der Waals surface area contributed by atoms with E-state index in [1.165, 1.54) is 12.1 Å². The topological polar surface area (TPSA) is 40.5 Å². The van der Waals surface area contributed by atoms with E-state index in [2.05, 4.69) is 0 Å². The summed E-state index contributed by atoms with van der Waals surface area (Å²) in [5.41, 5.74) is 1.51. The zero-order valence-electron chi connectivity index (χ0n) is 14.0. The number of halogens is 1. The summed E-state index contributed by atoms with van der Waals surface area (Å²) in [6, 6.07) is 14.0. The minimum absolute atomic E-state index is 0.00679. The van der Waals surface area contributed by atoms with Crippen LogP contribution in [0.25, 0.3) is 0 Å². The molecule has 1 fully saturated rings. The molecule has 0 saturated carbocycles. The van der Waals surface area contributed by atoms with Gasteiger partial charge in [-0.05, 0) is 61.2 Å². The number of carbonyl (C=O) groups excluding carboxylic acids is 1. The van der Waals surface area contributed by atoms with E-state index in [0.29, 0.717) is 17.9 Å². The lowest BCUT2D eigenvalue weighted by atomic mass is 9.94. The van der Waals surface area contributed by atoms with Crippen molar-refractivity contribution in [2.24, 2.45) is 0 Å². The number of likely N-dealkylation sites (tertiary alicyclic amines) is 1. The number of benzene rings is 2. The SMILES string of the molecule is O=C(c1ccc(SCCO)cc1)N1CCCCC1c1cccc(F)c1. The molecule has 2 aromatic rings. The van der Waals surface area contributed by atoms with Gasteiger partial charge in [-0.2, -0.15) is 0 Å². The molecule has 1 saturated heterocycles. The van der Waals surface area contributed by atoms with Gasteiger partial charge < -0.3 is 10.0 Å². The van der Waals surface area contributed by atoms with Gasteiger partial charge in [-0.1, -0.05) is 12.1 Å². The summed E-state index contributed by atoms with van der Waals surface area (Å²) in [5.74, 6) is 0.370. The third-order valence-electron chi connectivity index (χ3n) is 4.46. The van der Waals surface area contributed by atoms with Crippen LogP contribution in [0.3, 0.4) is 0 Å². The summed E-state index contributed by atoms with van der Waals surface area (Å²) in [4.78, 5) is 15.9. The number of rotatable bonds is 5. The lowest BCUT2D eigenvalue weighted by Gasteiger charge is -2.36. The Morgan fingerprint density at radius 1 is 1.20 bits per heavy atom. The van der Waals surface area contributed by atoms with Crippen molar-refractivity contribution >= 4 is 17.7 Å². The lowest BCUT2D eigenvalue weighted by Crippen LogP contribution is -2.38. The van der Waals surface area contributed by atoms with E-state index in [0.717, 1.165) is 29.7 Å². The van der Waals surface area contributed by atoms with Gasteiger partial charge in [-0.15, -0.1) is 11.8 Å². The first kappa shape index (κ1) is 18.0. The Morgan fingerprint density at radius 3 is 2.72 bits per heavy atom. The maximum atomic E-state index is 13.6. The molecular weight excluding hydrogens is 337 g/mol. The third-order valence-corrected chi connectivity index (χ3v) is 5.45. The highest BCUT2D eigenvalue weighted by molar-refractivity contribution is 7.99. The average molecular weight is 359 g/mol. The first-order chi connectivity index (χ1) is 12.2. The fraction of sp³-hybridized carbons (Fsp3) is 0.350. The van der Waals surface area contributed by atoms with Gasteiger partial charge in [0, 0.05) is 22.8 Å². The normalized spacial score (nSPS) is 17.5. The number of carbonyl (C=O) groups is 1. The van der Waals surface area contributed by atoms with E-state index in [9.17, 15) is 9.18 Å². The number of hydrogen-bond donors (Lipinski definition) is 1. The van der Waals surface area contributed by atoms with Crippen molar-refractivity contribution in [3.8, 4) is 0 Å². The zero-order chi connectivity index (χ0) is 17.6. The summed E-state index contributed by atoms with van der Waals surface area (Å²) >= 11 is 1.56. The first-order valence-corrected chi connectivity index (χ1v) is 9.58. The summed E-state index contributed by atoms with van der Waals surface area (Å²) < 4.78 is 13.6. The minimum Gasteiger partial charge on any atom is -0.396 e. The summed E-state index contributed by atoms with van der Waals surface area (Å²) in [5, 5.41) is 8.89. The standard InChI is InChI=1S/C20H22FNO2S/c21-17-5-3-4-16(14-17)19-6-1-2-11-22(19)20(24)15-7-9-18(10-8-15)25-13-12-23/h3-5,7-10,14,19,23H,1-2,6,11-13H2. The monoisotopic (exact) mass is 359 g/mol. The summed E-state index contributed by atoms with van der Waals surface area (Å²) in [6.07, 6.45) is 2.88. The minimum atomic E-state index is -0.263. The number of amides is 1. The Morgan fingerprint density at radius 2 is 2.00 bits per heavy atom. The molecule has 0 aromatic heterocycles. The van der Waals surface area contributed by atoms with E-state index < -0.39 is 0 Å². The highest BCUT2D eigenvalue weighted by Gasteiger charge is 2.28. The van der Waals surface area contributed by atoms with E-state index >= 15 is 0 Å². The Hall–Kier alpha value is -1.85. The third kappa shape index (κ3) is 4.41. The van der Waals surface area contributed by atoms with Gasteiger partial charge in [0.25, 0.3) is 5.91 Å². The van der Waals surface area contributed by atoms with Crippen LogP contribution in [-0.2, 0) is 0 Å². The summed E-state index contributed by atoms with van der Waals surface area (Å²) in [6.45, 7) is 0.829. The predicted octanol–water partition coefficient (Wildman–Crippen LogP) is 4.28. The van der Waals surface area contributed by atoms with Crippen LogP contribution >= 0.6 is 11.8 Å². The molecule has 0 aliphatic carbocycles. The van der Waals surface area contributed by atoms with Crippen LogP contribution in [-0.4, -0.2) is 34.8 Å². The second-order valence-corrected chi connectivity index (χ2v) is 7.33. The van der Waals surface area contributed by atoms with Crippen LogP contribution in [0, 0.1) is 5.82 Å². The molecule has 5 heteroatoms. The molecule has 0 bridgehead atoms. The van der Waals surface area contributed by atoms with Crippen molar-refractivity contribution in [1.29, 1.82) is 0 Å². The fourth-order valence-corrected chi connectivity index (χ4v) is 3.91. The van der Waals surface area contributed by atoms with Crippen LogP contribution < -0.4 is 0 Å². The second kappa shape index (κ2) is 8.50. The van der Waals surface area contributed by atoms with E-state index in [1.54, 1.807) is 17.8 Å². The number of aliphatic hydroxyl groups is 1. The van der Waals surface area contributed by atoms with Crippen molar-refractivity contribution in [3.63, 3.8) is 0 Å². The van der Waals surface area contributed by atoms with Crippen molar-refractivity contribution in [2.75, 3.05) is 18.9 Å². The molecule has 1 amide bonds. The van der Waals surface area contributed by atoms with Crippen LogP contribution in [0.1, 0.15) is 41.2 Å². The molecular formula is C20H22FNO2S. The van der Waals surface area contributed by atoms with Crippen LogP contribution in [0.4, 0.5) is 4.39 Å². The molecule has 0 spiro atoms. The maximum Gasteiger partial charge on any atom is 0.254 e. The lowest BCUT2D eigenvalue weighted by molar-refractivity contribution is 0.0611. The molecule has 1 unspecified atom stereocenters. The first-order valence-electron chi connectivity index (χ1n) is 8.59. The second-order valence-electron chi connectivity index (χ2n) is 6.16. The van der Waals surface area contributed by atoms with Crippen molar-refractivity contribution in [3.05, 3.63) is 65.5 Å². The van der Waals surface area contributed by atoms with E-state index in [-0.39, 0.29) is 24.4 Å². The largest absolute Gasteiger partial charge is 0.396 e. The Balaban J connectivity index is 1.78. The molecule has 1 N–H and O–H groups in total. The molecule has 25 heavy (non-hydrogen) atoms. The number of piperidine rings is 1. The van der Waals surface area contributed by atoms with E-state index in [4.69, 9.17) is 5.11 Å². The van der Waals surface area contributed by atoms with Gasteiger partial charge in [0.2, 0.25) is 0 Å². The highest BCUT2D eigenvalue weighted by Crippen LogP contribution is 2.32. The van der Waals surface area contributed by atoms with Crippen molar-refractivity contribution in [1.82, 2.24) is 4.90 Å². The Bertz CT molecular complexity index is 720. The molecule has 1 aliphatic rings. The molecule has 0 radical (unpaired) electrons. The van der Waals surface area contributed by atoms with Crippen LogP contribution in [0.2, 0.25) is 0 Å². The predicted molar refractivity (Wildman–Crippen MR) is 98.3 cm³/mol. The van der Waals surface area contributed by atoms with Gasteiger partial charge in [0.15, 0.2) is 0 Å². The number of nitrogens with zero attached hydrogens (tertiary/aromatic N) is 1. The quantitative estimate of drug-likeness (QED) is 0.810. The molecule has 2 aromatic carbocycles. The molecule has 1 aliphatic heterocycles. The van der Waals surface area contributed by atoms with Gasteiger partial charge in [-0.3, -0.25) is 4.79 Å². The van der Waals surface area contributed by atoms with Crippen molar-refractivity contribution < 1.29 is 14.3 Å². The highest BCUT2D eigenvalue weighted by atomic mass is 32.2. The molecule has 3 rings (SSSR count). The van der Waals surface area contributed by atoms with E-state index in [1.807, 2.05) is 35.2 Å². The summed E-state index contributed by atoms with van der Waals surface area (Å²) in [7, 11) is 0.